The monoisotopic (exact) mass is 892 g/mol. The number of aromatic nitrogens is 1. The molecule has 2 aromatic heterocycles. The van der Waals surface area contributed by atoms with Gasteiger partial charge in [0.05, 0.1) is 41.2 Å². The number of aryl methyl sites for hydroxylation is 1. The molecule has 1 aliphatic carbocycles. The van der Waals surface area contributed by atoms with Crippen LogP contribution in [0.5, 0.6) is 11.5 Å². The number of imide groups is 2. The number of fused-ring (bicyclic) bond motifs is 3. The summed E-state index contributed by atoms with van der Waals surface area (Å²) in [6.07, 6.45) is 5.11. The van der Waals surface area contributed by atoms with Crippen LogP contribution in [0.25, 0.3) is 21.2 Å². The minimum absolute atomic E-state index is 0.0778. The van der Waals surface area contributed by atoms with Crippen molar-refractivity contribution in [2.75, 3.05) is 85.6 Å². The quantitative estimate of drug-likeness (QED) is 0.188. The zero-order valence-electron chi connectivity index (χ0n) is 37.1. The molecule has 4 aliphatic heterocycles. The average Bonchev–Trinajstić information content (AvgIpc) is 4.06. The van der Waals surface area contributed by atoms with Crippen LogP contribution in [0, 0.1) is 11.8 Å². The number of anilines is 1. The summed E-state index contributed by atoms with van der Waals surface area (Å²) in [5, 5.41) is 6.14. The molecule has 0 spiro atoms. The first kappa shape index (κ1) is 43.6. The number of pyridine rings is 1. The average molecular weight is 893 g/mol. The van der Waals surface area contributed by atoms with Crippen molar-refractivity contribution in [3.8, 4) is 22.6 Å². The van der Waals surface area contributed by atoms with E-state index in [1.54, 1.807) is 44.0 Å². The van der Waals surface area contributed by atoms with Crippen LogP contribution in [0.1, 0.15) is 68.1 Å². The standard InChI is InChI=1S/C47H56N8O8S/c1-50(2)24-35-38(62-4)19-28(20-39(35)63-5)34-25-51(3)45(59)32-22-40(64-42(32)34)44(58)48-36-10-7-27-23-53(26-33(27)36)14-6-13-52-15-17-54(18-16-52)29-8-9-30-31(21-29)47(61)55(46(30)60)37-11-12-41(56)49-43(37)57/h8-9,19-22,25,27,33,36-37H,6-7,10-18,23-24,26H2,1-5H3,(H,48,58)(H,49,56,57). The van der Waals surface area contributed by atoms with Gasteiger partial charge in [-0.05, 0) is 107 Å². The number of piperazine rings is 1. The third kappa shape index (κ3) is 8.18. The van der Waals surface area contributed by atoms with Crippen LogP contribution in [0.15, 0.2) is 47.4 Å². The first-order valence-electron chi connectivity index (χ1n) is 22.2. The van der Waals surface area contributed by atoms with Gasteiger partial charge in [0.25, 0.3) is 23.3 Å². The van der Waals surface area contributed by atoms with E-state index in [0.29, 0.717) is 45.7 Å². The molecular formula is C47H56N8O8S. The lowest BCUT2D eigenvalue weighted by Crippen LogP contribution is -2.54. The van der Waals surface area contributed by atoms with Crippen LogP contribution in [-0.2, 0) is 23.2 Å². The van der Waals surface area contributed by atoms with Crippen LogP contribution in [0.2, 0.25) is 0 Å². The number of likely N-dealkylation sites (tertiary alicyclic amines) is 1. The van der Waals surface area contributed by atoms with Gasteiger partial charge in [0.15, 0.2) is 0 Å². The van der Waals surface area contributed by atoms with Crippen molar-refractivity contribution in [2.45, 2.75) is 50.7 Å². The number of benzene rings is 2. The molecule has 2 N–H and O–H groups in total. The highest BCUT2D eigenvalue weighted by Gasteiger charge is 2.45. The second kappa shape index (κ2) is 17.7. The van der Waals surface area contributed by atoms with Crippen molar-refractivity contribution in [3.63, 3.8) is 0 Å². The van der Waals surface area contributed by atoms with E-state index in [0.717, 1.165) is 104 Å². The number of hydrogen-bond acceptors (Lipinski definition) is 13. The predicted molar refractivity (Wildman–Crippen MR) is 243 cm³/mol. The number of carbonyl (C=O) groups is 5. The number of nitrogens with zero attached hydrogens (tertiary/aromatic N) is 6. The maximum absolute atomic E-state index is 13.9. The summed E-state index contributed by atoms with van der Waals surface area (Å²) < 4.78 is 13.9. The highest BCUT2D eigenvalue weighted by molar-refractivity contribution is 7.21. The molecule has 5 aliphatic rings. The highest BCUT2D eigenvalue weighted by Crippen LogP contribution is 2.41. The van der Waals surface area contributed by atoms with Crippen molar-refractivity contribution >= 4 is 56.6 Å². The van der Waals surface area contributed by atoms with E-state index in [1.165, 1.54) is 11.3 Å². The SMILES string of the molecule is COc1cc(-c2cn(C)c(=O)c3cc(C(=O)NC4CCC5CN(CCCN6CCN(c7ccc8c(c7)C(=O)N(C7CCC(=O)NC7=O)C8=O)CC6)CC54)sc23)cc(OC)c1CN(C)C. The van der Waals surface area contributed by atoms with Gasteiger partial charge in [-0.25, -0.2) is 0 Å². The number of rotatable bonds is 13. The van der Waals surface area contributed by atoms with E-state index in [-0.39, 0.29) is 35.9 Å². The van der Waals surface area contributed by atoms with Crippen molar-refractivity contribution < 1.29 is 33.4 Å². The molecule has 9 rings (SSSR count). The fourth-order valence-electron chi connectivity index (χ4n) is 10.5. The van der Waals surface area contributed by atoms with Gasteiger partial charge in [0, 0.05) is 87.5 Å². The number of methoxy groups -OCH3 is 2. The topological polar surface area (TPSA) is 166 Å². The third-order valence-corrected chi connectivity index (χ3v) is 15.0. The smallest absolute Gasteiger partial charge is 0.262 e. The van der Waals surface area contributed by atoms with Gasteiger partial charge in [-0.2, -0.15) is 0 Å². The summed E-state index contributed by atoms with van der Waals surface area (Å²) >= 11 is 1.35. The maximum Gasteiger partial charge on any atom is 0.262 e. The summed E-state index contributed by atoms with van der Waals surface area (Å²) in [5.74, 6) is 0.183. The number of ether oxygens (including phenoxy) is 2. The second-order valence-corrected chi connectivity index (χ2v) is 19.2. The molecule has 17 heteroatoms. The summed E-state index contributed by atoms with van der Waals surface area (Å²) in [5.41, 5.74) is 3.92. The van der Waals surface area contributed by atoms with Crippen molar-refractivity contribution in [1.82, 2.24) is 34.8 Å². The molecule has 6 heterocycles. The number of piperidine rings is 1. The highest BCUT2D eigenvalue weighted by atomic mass is 32.1. The van der Waals surface area contributed by atoms with Crippen LogP contribution in [-0.4, -0.2) is 146 Å². The normalized spacial score (nSPS) is 22.7. The molecule has 64 heavy (non-hydrogen) atoms. The van der Waals surface area contributed by atoms with E-state index in [1.807, 2.05) is 38.5 Å². The van der Waals surface area contributed by atoms with Gasteiger partial charge in [-0.15, -0.1) is 11.3 Å². The lowest BCUT2D eigenvalue weighted by Gasteiger charge is -2.36. The third-order valence-electron chi connectivity index (χ3n) is 13.8. The predicted octanol–water partition coefficient (Wildman–Crippen LogP) is 3.40. The van der Waals surface area contributed by atoms with Gasteiger partial charge < -0.3 is 34.1 Å². The maximum atomic E-state index is 13.9. The summed E-state index contributed by atoms with van der Waals surface area (Å²) in [6, 6.07) is 10.1. The molecule has 338 valence electrons. The molecule has 1 saturated carbocycles. The minimum Gasteiger partial charge on any atom is -0.496 e. The Morgan fingerprint density at radius 2 is 1.58 bits per heavy atom. The Hall–Kier alpha value is -5.62. The Morgan fingerprint density at radius 1 is 0.859 bits per heavy atom. The summed E-state index contributed by atoms with van der Waals surface area (Å²) in [4.78, 5) is 88.8. The number of thiophene rings is 1. The molecule has 0 radical (unpaired) electrons. The van der Waals surface area contributed by atoms with Crippen LogP contribution in [0.4, 0.5) is 5.69 Å². The van der Waals surface area contributed by atoms with Crippen LogP contribution >= 0.6 is 11.3 Å². The Labute approximate surface area is 376 Å². The molecule has 4 atom stereocenters. The van der Waals surface area contributed by atoms with Crippen molar-refractivity contribution in [1.29, 1.82) is 0 Å². The van der Waals surface area contributed by atoms with E-state index in [4.69, 9.17) is 9.47 Å². The number of nitrogens with one attached hydrogen (secondary N) is 2. The lowest BCUT2D eigenvalue weighted by atomic mass is 9.98. The van der Waals surface area contributed by atoms with Gasteiger partial charge in [-0.3, -0.25) is 43.9 Å². The van der Waals surface area contributed by atoms with E-state index in [9.17, 15) is 28.8 Å². The van der Waals surface area contributed by atoms with Crippen LogP contribution in [0.3, 0.4) is 0 Å². The molecule has 3 saturated heterocycles. The molecule has 4 unspecified atom stereocenters. The number of amides is 5. The van der Waals surface area contributed by atoms with Gasteiger partial charge >= 0.3 is 0 Å². The second-order valence-electron chi connectivity index (χ2n) is 18.1. The number of hydrogen-bond donors (Lipinski definition) is 2. The Balaban J connectivity index is 0.777. The largest absolute Gasteiger partial charge is 0.496 e. The Bertz CT molecular complexity index is 2570. The molecule has 5 amide bonds. The zero-order valence-corrected chi connectivity index (χ0v) is 37.9. The van der Waals surface area contributed by atoms with Crippen LogP contribution < -0.4 is 30.6 Å². The first-order chi connectivity index (χ1) is 30.8. The number of carbonyl (C=O) groups excluding carboxylic acids is 5. The van der Waals surface area contributed by atoms with E-state index >= 15 is 0 Å². The Kier molecular flexibility index (Phi) is 12.1. The molecule has 4 fully saturated rings. The fourth-order valence-corrected chi connectivity index (χ4v) is 11.6. The van der Waals surface area contributed by atoms with E-state index in [2.05, 4.69) is 30.2 Å². The first-order valence-corrected chi connectivity index (χ1v) is 23.0. The molecule has 4 aromatic rings. The zero-order chi connectivity index (χ0) is 45.0. The van der Waals surface area contributed by atoms with E-state index < -0.39 is 29.7 Å². The Morgan fingerprint density at radius 3 is 2.28 bits per heavy atom. The molecular weight excluding hydrogens is 837 g/mol. The minimum atomic E-state index is -0.980. The molecule has 2 aromatic carbocycles. The van der Waals surface area contributed by atoms with Crippen molar-refractivity contribution in [2.24, 2.45) is 18.9 Å². The molecule has 16 nitrogen and oxygen atoms in total. The van der Waals surface area contributed by atoms with Gasteiger partial charge in [-0.1, -0.05) is 0 Å². The summed E-state index contributed by atoms with van der Waals surface area (Å²) in [7, 11) is 9.00. The van der Waals surface area contributed by atoms with Gasteiger partial charge in [0.1, 0.15) is 17.5 Å². The lowest BCUT2D eigenvalue weighted by molar-refractivity contribution is -0.136. The fraction of sp³-hybridized carbons (Fsp3) is 0.489. The van der Waals surface area contributed by atoms with Crippen molar-refractivity contribution in [3.05, 3.63) is 74.5 Å². The summed E-state index contributed by atoms with van der Waals surface area (Å²) in [6.45, 7) is 7.92. The molecule has 0 bridgehead atoms. The van der Waals surface area contributed by atoms with Gasteiger partial charge in [0.2, 0.25) is 11.8 Å².